The van der Waals surface area contributed by atoms with Crippen molar-refractivity contribution in [3.8, 4) is 5.75 Å². The number of nitrogens with zero attached hydrogens (tertiary/aromatic N) is 2. The zero-order valence-electron chi connectivity index (χ0n) is 13.9. The van der Waals surface area contributed by atoms with E-state index in [0.717, 1.165) is 49.4 Å². The number of hydrogen-bond acceptors (Lipinski definition) is 6. The van der Waals surface area contributed by atoms with Crippen LogP contribution >= 0.6 is 0 Å². The van der Waals surface area contributed by atoms with Crippen LogP contribution in [0.4, 0.5) is 0 Å². The van der Waals surface area contributed by atoms with Gasteiger partial charge in [-0.05, 0) is 49.9 Å². The normalized spacial score (nSPS) is 16.7. The fourth-order valence-electron chi connectivity index (χ4n) is 2.73. The molecule has 1 fully saturated rings. The zero-order valence-corrected chi connectivity index (χ0v) is 13.9. The van der Waals surface area contributed by atoms with Crippen molar-refractivity contribution in [3.63, 3.8) is 0 Å². The molecule has 1 aliphatic rings. The molecule has 0 saturated carbocycles. The van der Waals surface area contributed by atoms with E-state index in [-0.39, 0.29) is 11.7 Å². The summed E-state index contributed by atoms with van der Waals surface area (Å²) in [7, 11) is 0. The van der Waals surface area contributed by atoms with Crippen molar-refractivity contribution in [2.75, 3.05) is 13.2 Å². The summed E-state index contributed by atoms with van der Waals surface area (Å²) in [5, 5.41) is 8.94. The molecule has 3 rings (SSSR count). The maximum atomic E-state index is 10.9. The van der Waals surface area contributed by atoms with Crippen LogP contribution < -0.4 is 15.6 Å². The molecule has 25 heavy (non-hydrogen) atoms. The summed E-state index contributed by atoms with van der Waals surface area (Å²) in [5.74, 6) is -0.231. The van der Waals surface area contributed by atoms with E-state index in [1.807, 2.05) is 18.2 Å². The Labute approximate surface area is 146 Å². The van der Waals surface area contributed by atoms with E-state index in [1.54, 1.807) is 12.3 Å². The van der Waals surface area contributed by atoms with Gasteiger partial charge in [0.2, 0.25) is 0 Å². The first kappa shape index (κ1) is 17.3. The standard InChI is InChI=1S/C18H22N4O3/c23-18(24)17-6-3-5-13(21-17)4-1-2-11-25-14-7-8-15(19-12-14)16-9-10-20-22-16/h3,5-8,12,16,20,22H,1-2,4,9-11H2,(H,23,24). The van der Waals surface area contributed by atoms with Crippen molar-refractivity contribution in [1.29, 1.82) is 0 Å². The lowest BCUT2D eigenvalue weighted by atomic mass is 10.1. The minimum atomic E-state index is -0.996. The molecular formula is C18H22N4O3. The summed E-state index contributed by atoms with van der Waals surface area (Å²) in [5.41, 5.74) is 8.18. The quantitative estimate of drug-likeness (QED) is 0.632. The number of rotatable bonds is 8. The van der Waals surface area contributed by atoms with Gasteiger partial charge in [-0.15, -0.1) is 0 Å². The summed E-state index contributed by atoms with van der Waals surface area (Å²) >= 11 is 0. The van der Waals surface area contributed by atoms with E-state index in [2.05, 4.69) is 20.8 Å². The van der Waals surface area contributed by atoms with E-state index in [9.17, 15) is 4.79 Å². The van der Waals surface area contributed by atoms with Gasteiger partial charge in [0.25, 0.3) is 0 Å². The minimum absolute atomic E-state index is 0.0897. The van der Waals surface area contributed by atoms with Crippen LogP contribution in [0.3, 0.4) is 0 Å². The van der Waals surface area contributed by atoms with E-state index >= 15 is 0 Å². The number of carboxylic acids is 1. The first-order valence-corrected chi connectivity index (χ1v) is 8.49. The highest BCUT2D eigenvalue weighted by Crippen LogP contribution is 2.19. The van der Waals surface area contributed by atoms with Gasteiger partial charge in [-0.2, -0.15) is 0 Å². The number of carboxylic acid groups (broad SMARTS) is 1. The predicted octanol–water partition coefficient (Wildman–Crippen LogP) is 2.12. The van der Waals surface area contributed by atoms with Crippen LogP contribution in [0.2, 0.25) is 0 Å². The van der Waals surface area contributed by atoms with Crippen LogP contribution in [-0.2, 0) is 6.42 Å². The molecule has 0 radical (unpaired) electrons. The summed E-state index contributed by atoms with van der Waals surface area (Å²) in [6.45, 7) is 1.55. The largest absolute Gasteiger partial charge is 0.492 e. The number of aromatic carboxylic acids is 1. The van der Waals surface area contributed by atoms with E-state index in [4.69, 9.17) is 9.84 Å². The fraction of sp³-hybridized carbons (Fsp3) is 0.389. The highest BCUT2D eigenvalue weighted by Gasteiger charge is 2.16. The third-order valence-electron chi connectivity index (χ3n) is 4.07. The number of aromatic nitrogens is 2. The van der Waals surface area contributed by atoms with Crippen molar-refractivity contribution in [2.45, 2.75) is 31.7 Å². The molecule has 1 unspecified atom stereocenters. The Kier molecular flexibility index (Phi) is 5.92. The van der Waals surface area contributed by atoms with Gasteiger partial charge < -0.3 is 9.84 Å². The molecule has 2 aromatic rings. The summed E-state index contributed by atoms with van der Waals surface area (Å²) in [6.07, 6.45) is 5.29. The van der Waals surface area contributed by atoms with Gasteiger partial charge in [0, 0.05) is 12.2 Å². The number of pyridine rings is 2. The summed E-state index contributed by atoms with van der Waals surface area (Å²) in [4.78, 5) is 19.5. The Balaban J connectivity index is 1.38. The van der Waals surface area contributed by atoms with Crippen LogP contribution in [0, 0.1) is 0 Å². The minimum Gasteiger partial charge on any atom is -0.492 e. The summed E-state index contributed by atoms with van der Waals surface area (Å²) < 4.78 is 5.71. The first-order chi connectivity index (χ1) is 12.2. The zero-order chi connectivity index (χ0) is 17.5. The summed E-state index contributed by atoms with van der Waals surface area (Å²) in [6, 6.07) is 9.28. The third kappa shape index (κ3) is 4.98. The van der Waals surface area contributed by atoms with Crippen LogP contribution in [0.1, 0.15) is 47.2 Å². The van der Waals surface area contributed by atoms with E-state index in [0.29, 0.717) is 6.61 Å². The smallest absolute Gasteiger partial charge is 0.354 e. The second-order valence-electron chi connectivity index (χ2n) is 5.96. The van der Waals surface area contributed by atoms with Gasteiger partial charge in [-0.1, -0.05) is 6.07 Å². The van der Waals surface area contributed by atoms with Crippen molar-refractivity contribution in [1.82, 2.24) is 20.8 Å². The topological polar surface area (TPSA) is 96.4 Å². The number of hydrogen-bond donors (Lipinski definition) is 3. The Morgan fingerprint density at radius 1 is 1.28 bits per heavy atom. The Hall–Kier alpha value is -2.51. The Bertz CT molecular complexity index is 700. The van der Waals surface area contributed by atoms with Gasteiger partial charge in [0.05, 0.1) is 24.5 Å². The predicted molar refractivity (Wildman–Crippen MR) is 92.4 cm³/mol. The second kappa shape index (κ2) is 8.55. The van der Waals surface area contributed by atoms with Gasteiger partial charge >= 0.3 is 5.97 Å². The molecule has 3 N–H and O–H groups in total. The molecule has 0 aromatic carbocycles. The molecule has 1 atom stereocenters. The Morgan fingerprint density at radius 2 is 2.20 bits per heavy atom. The van der Waals surface area contributed by atoms with Crippen LogP contribution in [0.5, 0.6) is 5.75 Å². The fourth-order valence-corrected chi connectivity index (χ4v) is 2.73. The van der Waals surface area contributed by atoms with Crippen LogP contribution in [0.15, 0.2) is 36.5 Å². The molecular weight excluding hydrogens is 320 g/mol. The molecule has 0 aliphatic carbocycles. The molecule has 1 saturated heterocycles. The lowest BCUT2D eigenvalue weighted by Gasteiger charge is -2.10. The van der Waals surface area contributed by atoms with Gasteiger partial charge in [-0.25, -0.2) is 15.2 Å². The average Bonchev–Trinajstić information content (AvgIpc) is 3.17. The van der Waals surface area contributed by atoms with E-state index < -0.39 is 5.97 Å². The number of ether oxygens (including phenoxy) is 1. The SMILES string of the molecule is O=C(O)c1cccc(CCCCOc2ccc(C3CCNN3)nc2)n1. The average molecular weight is 342 g/mol. The number of hydrazine groups is 1. The highest BCUT2D eigenvalue weighted by molar-refractivity contribution is 5.85. The number of nitrogens with one attached hydrogen (secondary N) is 2. The van der Waals surface area contributed by atoms with Crippen LogP contribution in [0.25, 0.3) is 0 Å². The first-order valence-electron chi connectivity index (χ1n) is 8.49. The van der Waals surface area contributed by atoms with Crippen molar-refractivity contribution >= 4 is 5.97 Å². The second-order valence-corrected chi connectivity index (χ2v) is 5.96. The number of carbonyl (C=O) groups is 1. The monoisotopic (exact) mass is 342 g/mol. The van der Waals surface area contributed by atoms with Gasteiger partial charge in [0.1, 0.15) is 11.4 Å². The molecule has 132 valence electrons. The Morgan fingerprint density at radius 3 is 2.92 bits per heavy atom. The highest BCUT2D eigenvalue weighted by atomic mass is 16.5. The molecule has 2 aromatic heterocycles. The maximum absolute atomic E-state index is 10.9. The molecule has 3 heterocycles. The van der Waals surface area contributed by atoms with Crippen molar-refractivity contribution < 1.29 is 14.6 Å². The van der Waals surface area contributed by atoms with E-state index in [1.165, 1.54) is 6.07 Å². The molecule has 1 aliphatic heterocycles. The van der Waals surface area contributed by atoms with Gasteiger partial charge in [-0.3, -0.25) is 10.4 Å². The number of unbranched alkanes of at least 4 members (excludes halogenated alkanes) is 1. The molecule has 0 amide bonds. The lowest BCUT2D eigenvalue weighted by Crippen LogP contribution is -2.25. The molecule has 0 bridgehead atoms. The number of aryl methyl sites for hydroxylation is 1. The molecule has 7 nitrogen and oxygen atoms in total. The van der Waals surface area contributed by atoms with Gasteiger partial charge in [0.15, 0.2) is 0 Å². The van der Waals surface area contributed by atoms with Crippen molar-refractivity contribution in [3.05, 3.63) is 53.6 Å². The lowest BCUT2D eigenvalue weighted by molar-refractivity contribution is 0.0690. The van der Waals surface area contributed by atoms with Crippen LogP contribution in [-0.4, -0.2) is 34.2 Å². The molecule has 7 heteroatoms. The van der Waals surface area contributed by atoms with Crippen molar-refractivity contribution in [2.24, 2.45) is 0 Å². The maximum Gasteiger partial charge on any atom is 0.354 e. The molecule has 0 spiro atoms. The third-order valence-corrected chi connectivity index (χ3v) is 4.07.